The molecule has 0 bridgehead atoms. The van der Waals surface area contributed by atoms with Gasteiger partial charge >= 0.3 is 0 Å². The Morgan fingerprint density at radius 3 is 2.83 bits per heavy atom. The first-order chi connectivity index (χ1) is 11.6. The molecule has 1 amide bonds. The molecular weight excluding hydrogens is 326 g/mol. The molecule has 1 atom stereocenters. The maximum Gasteiger partial charge on any atom is 0.243 e. The van der Waals surface area contributed by atoms with Crippen molar-refractivity contribution in [3.63, 3.8) is 0 Å². The van der Waals surface area contributed by atoms with Crippen molar-refractivity contribution in [2.75, 3.05) is 0 Å². The van der Waals surface area contributed by atoms with Crippen LogP contribution in [0, 0.1) is 0 Å². The molecule has 6 nitrogen and oxygen atoms in total. The van der Waals surface area contributed by atoms with Crippen LogP contribution < -0.4 is 5.32 Å². The smallest absolute Gasteiger partial charge is 0.243 e. The molecule has 24 heavy (non-hydrogen) atoms. The number of carbonyl (C=O) groups excluding carboxylic acids is 1. The Bertz CT molecular complexity index is 658. The summed E-state index contributed by atoms with van der Waals surface area (Å²) in [6.07, 6.45) is 5.79. The summed E-state index contributed by atoms with van der Waals surface area (Å²) < 4.78 is 0. The van der Waals surface area contributed by atoms with Gasteiger partial charge in [0, 0.05) is 11.6 Å². The predicted molar refractivity (Wildman–Crippen MR) is 94.6 cm³/mol. The van der Waals surface area contributed by atoms with Gasteiger partial charge in [-0.25, -0.2) is 0 Å². The van der Waals surface area contributed by atoms with Gasteiger partial charge in [-0.1, -0.05) is 56.3 Å². The van der Waals surface area contributed by atoms with E-state index in [1.165, 1.54) is 24.1 Å². The number of tetrazole rings is 1. The van der Waals surface area contributed by atoms with E-state index in [1.54, 1.807) is 6.07 Å². The van der Waals surface area contributed by atoms with Gasteiger partial charge in [0.25, 0.3) is 0 Å². The number of nitrogens with zero attached hydrogens (tertiary/aromatic N) is 4. The molecule has 1 heterocycles. The zero-order chi connectivity index (χ0) is 17.4. The van der Waals surface area contributed by atoms with Crippen LogP contribution in [-0.2, 0) is 11.3 Å². The predicted octanol–water partition coefficient (Wildman–Crippen LogP) is 3.47. The zero-order valence-corrected chi connectivity index (χ0v) is 15.0. The van der Waals surface area contributed by atoms with E-state index in [0.29, 0.717) is 16.4 Å². The molecule has 0 unspecified atom stereocenters. The highest BCUT2D eigenvalue weighted by Crippen LogP contribution is 2.23. The van der Waals surface area contributed by atoms with Crippen LogP contribution in [0.4, 0.5) is 0 Å². The molecule has 0 spiro atoms. The fraction of sp³-hybridized carbons (Fsp3) is 0.529. The van der Waals surface area contributed by atoms with E-state index in [1.807, 2.05) is 25.1 Å². The van der Waals surface area contributed by atoms with Gasteiger partial charge in [-0.3, -0.25) is 4.79 Å². The van der Waals surface area contributed by atoms with Crippen LogP contribution >= 0.6 is 11.6 Å². The van der Waals surface area contributed by atoms with Gasteiger partial charge in [-0.15, -0.1) is 10.2 Å². The summed E-state index contributed by atoms with van der Waals surface area (Å²) in [4.78, 5) is 13.3. The second kappa shape index (κ2) is 9.37. The lowest BCUT2D eigenvalue weighted by molar-refractivity contribution is -0.122. The maximum atomic E-state index is 12.1. The van der Waals surface area contributed by atoms with Crippen molar-refractivity contribution in [1.82, 2.24) is 25.5 Å². The summed E-state index contributed by atoms with van der Waals surface area (Å²) in [6.45, 7) is 4.26. The Kier molecular flexibility index (Phi) is 7.18. The number of hydrogen-bond donors (Lipinski definition) is 1. The summed E-state index contributed by atoms with van der Waals surface area (Å²) >= 11 is 6.12. The van der Waals surface area contributed by atoms with Crippen LogP contribution in [0.5, 0.6) is 0 Å². The maximum absolute atomic E-state index is 12.1. The highest BCUT2D eigenvalue weighted by Gasteiger charge is 2.13. The van der Waals surface area contributed by atoms with Gasteiger partial charge in [-0.2, -0.15) is 4.80 Å². The molecule has 0 saturated heterocycles. The summed E-state index contributed by atoms with van der Waals surface area (Å²) in [7, 11) is 0. The van der Waals surface area contributed by atoms with Crippen molar-refractivity contribution in [1.29, 1.82) is 0 Å². The monoisotopic (exact) mass is 349 g/mol. The number of carbonyl (C=O) groups is 1. The minimum Gasteiger partial charge on any atom is -0.352 e. The third-order valence-corrected chi connectivity index (χ3v) is 4.08. The Balaban J connectivity index is 1.83. The molecule has 2 rings (SSSR count). The molecule has 0 aliphatic rings. The van der Waals surface area contributed by atoms with Crippen molar-refractivity contribution < 1.29 is 4.79 Å². The zero-order valence-electron chi connectivity index (χ0n) is 14.2. The Morgan fingerprint density at radius 1 is 1.29 bits per heavy atom. The van der Waals surface area contributed by atoms with Crippen molar-refractivity contribution in [3.05, 3.63) is 29.3 Å². The van der Waals surface area contributed by atoms with Gasteiger partial charge in [-0.05, 0) is 30.7 Å². The molecule has 0 fully saturated rings. The van der Waals surface area contributed by atoms with Crippen molar-refractivity contribution >= 4 is 17.5 Å². The van der Waals surface area contributed by atoms with Crippen molar-refractivity contribution in [3.8, 4) is 11.4 Å². The lowest BCUT2D eigenvalue weighted by atomic mass is 10.1. The van der Waals surface area contributed by atoms with Gasteiger partial charge in [0.1, 0.15) is 6.54 Å². The van der Waals surface area contributed by atoms with E-state index in [9.17, 15) is 4.79 Å². The van der Waals surface area contributed by atoms with Crippen LogP contribution in [0.2, 0.25) is 5.02 Å². The second-order valence-electron chi connectivity index (χ2n) is 5.94. The highest BCUT2D eigenvalue weighted by molar-refractivity contribution is 6.33. The molecule has 2 aromatic rings. The van der Waals surface area contributed by atoms with Gasteiger partial charge in [0.15, 0.2) is 0 Å². The number of amides is 1. The molecule has 1 aromatic heterocycles. The summed E-state index contributed by atoms with van der Waals surface area (Å²) in [5.41, 5.74) is 0.704. The van der Waals surface area contributed by atoms with Crippen LogP contribution in [0.25, 0.3) is 11.4 Å². The molecule has 0 saturated carbocycles. The van der Waals surface area contributed by atoms with Gasteiger partial charge < -0.3 is 5.32 Å². The Morgan fingerprint density at radius 2 is 2.08 bits per heavy atom. The number of aromatic nitrogens is 4. The average molecular weight is 350 g/mol. The number of benzene rings is 1. The minimum atomic E-state index is -0.110. The topological polar surface area (TPSA) is 72.7 Å². The third kappa shape index (κ3) is 5.60. The average Bonchev–Trinajstić information content (AvgIpc) is 3.00. The molecule has 0 aliphatic heterocycles. The normalized spacial score (nSPS) is 12.1. The Labute approximate surface area is 147 Å². The van der Waals surface area contributed by atoms with Crippen LogP contribution in [0.1, 0.15) is 46.0 Å². The Hall–Kier alpha value is -1.95. The standard InChI is InChI=1S/C17H24ClN5O/c1-3-4-5-6-9-13(2)19-16(24)12-23-21-17(20-22-23)14-10-7-8-11-15(14)18/h7-8,10-11,13H,3-6,9,12H2,1-2H3,(H,19,24)/t13-/m0/s1. The third-order valence-electron chi connectivity index (χ3n) is 3.75. The largest absolute Gasteiger partial charge is 0.352 e. The van der Waals surface area contributed by atoms with E-state index in [0.717, 1.165) is 12.8 Å². The minimum absolute atomic E-state index is 0.0523. The van der Waals surface area contributed by atoms with Gasteiger partial charge in [0.2, 0.25) is 11.7 Å². The van der Waals surface area contributed by atoms with E-state index in [2.05, 4.69) is 27.7 Å². The first kappa shape index (κ1) is 18.4. The number of rotatable bonds is 9. The fourth-order valence-corrected chi connectivity index (χ4v) is 2.68. The fourth-order valence-electron chi connectivity index (χ4n) is 2.46. The molecule has 7 heteroatoms. The van der Waals surface area contributed by atoms with Crippen LogP contribution in [0.3, 0.4) is 0 Å². The number of unbranched alkanes of at least 4 members (excludes halogenated alkanes) is 3. The molecule has 0 aliphatic carbocycles. The summed E-state index contributed by atoms with van der Waals surface area (Å²) in [5, 5.41) is 15.6. The summed E-state index contributed by atoms with van der Waals surface area (Å²) in [6, 6.07) is 7.44. The lowest BCUT2D eigenvalue weighted by Gasteiger charge is -2.13. The van der Waals surface area contributed by atoms with E-state index in [-0.39, 0.29) is 18.5 Å². The lowest BCUT2D eigenvalue weighted by Crippen LogP contribution is -2.35. The number of halogens is 1. The highest BCUT2D eigenvalue weighted by atomic mass is 35.5. The van der Waals surface area contributed by atoms with Crippen LogP contribution in [0.15, 0.2) is 24.3 Å². The molecule has 1 aromatic carbocycles. The summed E-state index contributed by atoms with van der Waals surface area (Å²) in [5.74, 6) is 0.308. The molecule has 130 valence electrons. The number of nitrogens with one attached hydrogen (secondary N) is 1. The number of hydrogen-bond acceptors (Lipinski definition) is 4. The van der Waals surface area contributed by atoms with E-state index in [4.69, 9.17) is 11.6 Å². The first-order valence-corrected chi connectivity index (χ1v) is 8.80. The molecular formula is C17H24ClN5O. The van der Waals surface area contributed by atoms with E-state index < -0.39 is 0 Å². The van der Waals surface area contributed by atoms with Crippen molar-refractivity contribution in [2.24, 2.45) is 0 Å². The van der Waals surface area contributed by atoms with Crippen molar-refractivity contribution in [2.45, 2.75) is 58.5 Å². The first-order valence-electron chi connectivity index (χ1n) is 8.42. The molecule has 1 N–H and O–H groups in total. The quantitative estimate of drug-likeness (QED) is 0.703. The molecule has 0 radical (unpaired) electrons. The van der Waals surface area contributed by atoms with Crippen LogP contribution in [-0.4, -0.2) is 32.2 Å². The second-order valence-corrected chi connectivity index (χ2v) is 6.35. The van der Waals surface area contributed by atoms with E-state index >= 15 is 0 Å². The van der Waals surface area contributed by atoms with Gasteiger partial charge in [0.05, 0.1) is 5.02 Å². The SMILES string of the molecule is CCCCCC[C@H](C)NC(=O)Cn1nnc(-c2ccccc2Cl)n1.